The number of carbonyl (C=O) groups excluding carboxylic acids is 2. The van der Waals surface area contributed by atoms with Gasteiger partial charge in [0.2, 0.25) is 11.8 Å². The van der Waals surface area contributed by atoms with E-state index in [-0.39, 0.29) is 31.3 Å². The SMILES string of the molecule is CCn1c(CCNC(=O)C2CC(=O)N(Cc3cccc(C(F)(F)F)c3)C2)n[nH]c1=S. The minimum atomic E-state index is -4.44. The third-order valence-corrected chi connectivity index (χ3v) is 5.33. The monoisotopic (exact) mass is 441 g/mol. The van der Waals surface area contributed by atoms with Crippen LogP contribution in [0.15, 0.2) is 24.3 Å². The Morgan fingerprint density at radius 3 is 2.87 bits per heavy atom. The van der Waals surface area contributed by atoms with Gasteiger partial charge in [0.25, 0.3) is 0 Å². The number of carbonyl (C=O) groups is 2. The largest absolute Gasteiger partial charge is 0.416 e. The highest BCUT2D eigenvalue weighted by Gasteiger charge is 2.35. The van der Waals surface area contributed by atoms with E-state index in [9.17, 15) is 22.8 Å². The first-order chi connectivity index (χ1) is 14.2. The van der Waals surface area contributed by atoms with Gasteiger partial charge < -0.3 is 14.8 Å². The van der Waals surface area contributed by atoms with E-state index >= 15 is 0 Å². The Morgan fingerprint density at radius 2 is 2.17 bits per heavy atom. The second kappa shape index (κ2) is 8.99. The van der Waals surface area contributed by atoms with Crippen molar-refractivity contribution in [1.82, 2.24) is 25.0 Å². The van der Waals surface area contributed by atoms with E-state index in [0.29, 0.717) is 29.8 Å². The molecule has 162 valence electrons. The molecule has 30 heavy (non-hydrogen) atoms. The second-order valence-corrected chi connectivity index (χ2v) is 7.49. The molecule has 1 aromatic heterocycles. The Morgan fingerprint density at radius 1 is 1.40 bits per heavy atom. The van der Waals surface area contributed by atoms with E-state index in [1.165, 1.54) is 17.0 Å². The maximum absolute atomic E-state index is 12.9. The third kappa shape index (κ3) is 5.07. The van der Waals surface area contributed by atoms with Crippen LogP contribution in [0.5, 0.6) is 0 Å². The van der Waals surface area contributed by atoms with Crippen LogP contribution in [0, 0.1) is 10.7 Å². The fourth-order valence-electron chi connectivity index (χ4n) is 3.48. The molecule has 0 bridgehead atoms. The molecule has 2 heterocycles. The zero-order valence-electron chi connectivity index (χ0n) is 16.3. The molecule has 1 saturated heterocycles. The zero-order chi connectivity index (χ0) is 21.9. The fourth-order valence-corrected chi connectivity index (χ4v) is 3.76. The lowest BCUT2D eigenvalue weighted by molar-refractivity contribution is -0.137. The fraction of sp³-hybridized carbons (Fsp3) is 0.474. The summed E-state index contributed by atoms with van der Waals surface area (Å²) in [5, 5.41) is 9.64. The highest BCUT2D eigenvalue weighted by atomic mass is 32.1. The van der Waals surface area contributed by atoms with Crippen LogP contribution in [0.1, 0.15) is 30.3 Å². The van der Waals surface area contributed by atoms with Crippen molar-refractivity contribution in [3.05, 3.63) is 46.0 Å². The molecule has 0 radical (unpaired) electrons. The smallest absolute Gasteiger partial charge is 0.355 e. The number of rotatable bonds is 7. The molecule has 1 unspecified atom stereocenters. The topological polar surface area (TPSA) is 83.0 Å². The molecule has 2 aromatic rings. The van der Waals surface area contributed by atoms with Crippen molar-refractivity contribution in [2.45, 2.75) is 39.0 Å². The lowest BCUT2D eigenvalue weighted by Gasteiger charge is -2.17. The van der Waals surface area contributed by atoms with Crippen LogP contribution in [0.25, 0.3) is 0 Å². The Kier molecular flexibility index (Phi) is 6.59. The summed E-state index contributed by atoms with van der Waals surface area (Å²) in [6.45, 7) is 3.17. The normalized spacial score (nSPS) is 16.9. The molecule has 0 aliphatic carbocycles. The number of aromatic amines is 1. The van der Waals surface area contributed by atoms with Gasteiger partial charge in [0.05, 0.1) is 11.5 Å². The van der Waals surface area contributed by atoms with Crippen LogP contribution < -0.4 is 5.32 Å². The Labute approximate surface area is 176 Å². The molecular formula is C19H22F3N5O2S. The summed E-state index contributed by atoms with van der Waals surface area (Å²) < 4.78 is 41.0. The maximum atomic E-state index is 12.9. The van der Waals surface area contributed by atoms with E-state index in [2.05, 4.69) is 15.5 Å². The predicted octanol–water partition coefficient (Wildman–Crippen LogP) is 2.69. The molecule has 0 spiro atoms. The number of hydrogen-bond acceptors (Lipinski definition) is 4. The Balaban J connectivity index is 1.53. The molecule has 1 aliphatic rings. The van der Waals surface area contributed by atoms with E-state index in [0.717, 1.165) is 18.0 Å². The maximum Gasteiger partial charge on any atom is 0.416 e. The van der Waals surface area contributed by atoms with Crippen LogP contribution in [0.2, 0.25) is 0 Å². The molecule has 11 heteroatoms. The van der Waals surface area contributed by atoms with Gasteiger partial charge in [-0.05, 0) is 36.8 Å². The summed E-state index contributed by atoms with van der Waals surface area (Å²) >= 11 is 5.12. The zero-order valence-corrected chi connectivity index (χ0v) is 17.1. The number of H-pyrrole nitrogens is 1. The predicted molar refractivity (Wildman–Crippen MR) is 105 cm³/mol. The van der Waals surface area contributed by atoms with Gasteiger partial charge in [-0.25, -0.2) is 0 Å². The van der Waals surface area contributed by atoms with E-state index < -0.39 is 17.7 Å². The molecular weight excluding hydrogens is 419 g/mol. The summed E-state index contributed by atoms with van der Waals surface area (Å²) in [7, 11) is 0. The third-order valence-electron chi connectivity index (χ3n) is 5.01. The molecule has 1 aromatic carbocycles. The van der Waals surface area contributed by atoms with E-state index in [1.807, 2.05) is 11.5 Å². The van der Waals surface area contributed by atoms with Gasteiger partial charge in [-0.1, -0.05) is 12.1 Å². The van der Waals surface area contributed by atoms with Crippen LogP contribution >= 0.6 is 12.2 Å². The first-order valence-corrected chi connectivity index (χ1v) is 9.95. The molecule has 3 rings (SSSR count). The van der Waals surface area contributed by atoms with Gasteiger partial charge >= 0.3 is 6.18 Å². The number of nitrogens with zero attached hydrogens (tertiary/aromatic N) is 3. The number of alkyl halides is 3. The lowest BCUT2D eigenvalue weighted by Crippen LogP contribution is -2.34. The summed E-state index contributed by atoms with van der Waals surface area (Å²) in [6, 6.07) is 4.87. The summed E-state index contributed by atoms with van der Waals surface area (Å²) in [6.07, 6.45) is -3.91. The highest BCUT2D eigenvalue weighted by Crippen LogP contribution is 2.30. The van der Waals surface area contributed by atoms with E-state index in [1.54, 1.807) is 0 Å². The first kappa shape index (κ1) is 22.0. The molecule has 0 saturated carbocycles. The number of halogens is 3. The first-order valence-electron chi connectivity index (χ1n) is 9.54. The standard InChI is InChI=1S/C19H22F3N5O2S/c1-2-27-15(24-25-18(27)30)6-7-23-17(29)13-9-16(28)26(11-13)10-12-4-3-5-14(8-12)19(20,21)22/h3-5,8,13H,2,6-7,9-11H2,1H3,(H,23,29)(H,25,30). The van der Waals surface area contributed by atoms with Crippen molar-refractivity contribution in [3.63, 3.8) is 0 Å². The van der Waals surface area contributed by atoms with Gasteiger partial charge in [0.1, 0.15) is 5.82 Å². The molecule has 1 aliphatic heterocycles. The van der Waals surface area contributed by atoms with Gasteiger partial charge in [0.15, 0.2) is 4.77 Å². The molecule has 1 fully saturated rings. The van der Waals surface area contributed by atoms with Crippen LogP contribution in [0.4, 0.5) is 13.2 Å². The van der Waals surface area contributed by atoms with Gasteiger partial charge in [-0.3, -0.25) is 14.7 Å². The number of likely N-dealkylation sites (tertiary alicyclic amines) is 1. The average Bonchev–Trinajstić information content (AvgIpc) is 3.23. The molecule has 7 nitrogen and oxygen atoms in total. The number of nitrogens with one attached hydrogen (secondary N) is 2. The second-order valence-electron chi connectivity index (χ2n) is 7.10. The van der Waals surface area contributed by atoms with Crippen molar-refractivity contribution in [1.29, 1.82) is 0 Å². The van der Waals surface area contributed by atoms with Crippen molar-refractivity contribution >= 4 is 24.0 Å². The summed E-state index contributed by atoms with van der Waals surface area (Å²) in [4.78, 5) is 26.1. The van der Waals surface area contributed by atoms with E-state index in [4.69, 9.17) is 12.2 Å². The number of hydrogen-bond donors (Lipinski definition) is 2. The number of aromatic nitrogens is 3. The van der Waals surface area contributed by atoms with Crippen molar-refractivity contribution < 1.29 is 22.8 Å². The van der Waals surface area contributed by atoms with Crippen LogP contribution in [-0.2, 0) is 35.3 Å². The van der Waals surface area contributed by atoms with Gasteiger partial charge in [-0.15, -0.1) is 0 Å². The van der Waals surface area contributed by atoms with Gasteiger partial charge in [0, 0.05) is 39.0 Å². The lowest BCUT2D eigenvalue weighted by atomic mass is 10.1. The van der Waals surface area contributed by atoms with Gasteiger partial charge in [-0.2, -0.15) is 18.3 Å². The molecule has 2 N–H and O–H groups in total. The number of benzene rings is 1. The average molecular weight is 441 g/mol. The minimum absolute atomic E-state index is 0.0396. The Bertz CT molecular complexity index is 985. The minimum Gasteiger partial charge on any atom is -0.355 e. The van der Waals surface area contributed by atoms with Crippen molar-refractivity contribution in [3.8, 4) is 0 Å². The van der Waals surface area contributed by atoms with Crippen molar-refractivity contribution in [2.75, 3.05) is 13.1 Å². The Hall–Kier alpha value is -2.69. The van der Waals surface area contributed by atoms with Crippen molar-refractivity contribution in [2.24, 2.45) is 5.92 Å². The molecule has 2 amide bonds. The quantitative estimate of drug-likeness (QED) is 0.648. The number of amides is 2. The summed E-state index contributed by atoms with van der Waals surface area (Å²) in [5.41, 5.74) is -0.382. The highest BCUT2D eigenvalue weighted by molar-refractivity contribution is 7.71. The van der Waals surface area contributed by atoms with Crippen LogP contribution in [-0.4, -0.2) is 44.6 Å². The van der Waals surface area contributed by atoms with Crippen LogP contribution in [0.3, 0.4) is 0 Å². The summed E-state index contributed by atoms with van der Waals surface area (Å²) in [5.74, 6) is -0.307. The molecule has 1 atom stereocenters.